The number of nitrogens with zero attached hydrogens (tertiary/aromatic N) is 1. The van der Waals surface area contributed by atoms with Gasteiger partial charge < -0.3 is 5.32 Å². The van der Waals surface area contributed by atoms with E-state index < -0.39 is 4.92 Å². The Morgan fingerprint density at radius 2 is 2.00 bits per heavy atom. The molecule has 0 saturated carbocycles. The van der Waals surface area contributed by atoms with E-state index in [0.717, 1.165) is 4.90 Å². The topological polar surface area (TPSA) is 72.2 Å². The summed E-state index contributed by atoms with van der Waals surface area (Å²) in [6.07, 6.45) is 0.633. The minimum Gasteiger partial charge on any atom is -0.325 e. The van der Waals surface area contributed by atoms with E-state index in [9.17, 15) is 14.9 Å². The number of amides is 1. The molecule has 0 aliphatic rings. The lowest BCUT2D eigenvalue weighted by atomic mass is 10.2. The number of anilines is 1. The molecule has 0 bridgehead atoms. The molecule has 0 spiro atoms. The normalized spacial score (nSPS) is 11.7. The van der Waals surface area contributed by atoms with Crippen LogP contribution in [0.4, 0.5) is 11.4 Å². The van der Waals surface area contributed by atoms with Gasteiger partial charge in [0.05, 0.1) is 10.2 Å². The molecule has 2 aromatic carbocycles. The number of hydrogen-bond donors (Lipinski definition) is 1. The molecule has 0 aliphatic heterocycles. The molecular weight excluding hydrogens is 336 g/mol. The highest BCUT2D eigenvalue weighted by molar-refractivity contribution is 8.00. The van der Waals surface area contributed by atoms with Crippen molar-refractivity contribution in [3.63, 3.8) is 0 Å². The molecule has 0 aliphatic carbocycles. The number of rotatable bonds is 6. The van der Waals surface area contributed by atoms with E-state index in [1.54, 1.807) is 24.3 Å². The zero-order valence-corrected chi connectivity index (χ0v) is 13.9. The molecule has 1 N–H and O–H groups in total. The van der Waals surface area contributed by atoms with Crippen LogP contribution in [-0.4, -0.2) is 16.1 Å². The largest absolute Gasteiger partial charge is 0.325 e. The lowest BCUT2D eigenvalue weighted by Gasteiger charge is -2.14. The number of carbonyl (C=O) groups is 1. The zero-order valence-electron chi connectivity index (χ0n) is 12.4. The van der Waals surface area contributed by atoms with Crippen molar-refractivity contribution in [3.05, 3.63) is 63.7 Å². The van der Waals surface area contributed by atoms with Gasteiger partial charge in [-0.2, -0.15) is 0 Å². The summed E-state index contributed by atoms with van der Waals surface area (Å²) in [6.45, 7) is 1.92. The average Bonchev–Trinajstić information content (AvgIpc) is 2.54. The standard InChI is InChI=1S/C16H15ClN2O3S/c1-2-15(23-14-8-6-11(17)7-9-14)16(20)18-12-4-3-5-13(10-12)19(21)22/h3-10,15H,2H2,1H3,(H,18,20). The Labute approximate surface area is 143 Å². The Balaban J connectivity index is 2.06. The summed E-state index contributed by atoms with van der Waals surface area (Å²) in [5, 5.41) is 13.9. The number of thioether (sulfide) groups is 1. The predicted octanol–water partition coefficient (Wildman–Crippen LogP) is 4.76. The maximum atomic E-state index is 12.4. The number of nitro groups is 1. The molecule has 23 heavy (non-hydrogen) atoms. The van der Waals surface area contributed by atoms with Crippen molar-refractivity contribution in [2.24, 2.45) is 0 Å². The summed E-state index contributed by atoms with van der Waals surface area (Å²) in [6, 6.07) is 13.2. The monoisotopic (exact) mass is 350 g/mol. The summed E-state index contributed by atoms with van der Waals surface area (Å²) < 4.78 is 0. The molecule has 7 heteroatoms. The minimum absolute atomic E-state index is 0.0544. The Morgan fingerprint density at radius 3 is 2.61 bits per heavy atom. The molecule has 1 atom stereocenters. The van der Waals surface area contributed by atoms with Gasteiger partial charge >= 0.3 is 0 Å². The lowest BCUT2D eigenvalue weighted by Crippen LogP contribution is -2.24. The Morgan fingerprint density at radius 1 is 1.30 bits per heavy atom. The van der Waals surface area contributed by atoms with Crippen LogP contribution >= 0.6 is 23.4 Å². The van der Waals surface area contributed by atoms with Gasteiger partial charge in [-0.05, 0) is 36.8 Å². The van der Waals surface area contributed by atoms with Crippen molar-refractivity contribution in [3.8, 4) is 0 Å². The second-order valence-electron chi connectivity index (χ2n) is 4.77. The number of nitro benzene ring substituents is 1. The fourth-order valence-electron chi connectivity index (χ4n) is 1.92. The van der Waals surface area contributed by atoms with E-state index in [1.165, 1.54) is 23.9 Å². The van der Waals surface area contributed by atoms with Gasteiger partial charge in [0.2, 0.25) is 5.91 Å². The van der Waals surface area contributed by atoms with Crippen molar-refractivity contribution < 1.29 is 9.72 Å². The predicted molar refractivity (Wildman–Crippen MR) is 93.1 cm³/mol. The highest BCUT2D eigenvalue weighted by Gasteiger charge is 2.18. The van der Waals surface area contributed by atoms with Crippen molar-refractivity contribution in [2.45, 2.75) is 23.5 Å². The third-order valence-corrected chi connectivity index (χ3v) is 4.71. The fourth-order valence-corrected chi connectivity index (χ4v) is 3.00. The van der Waals surface area contributed by atoms with E-state index >= 15 is 0 Å². The van der Waals surface area contributed by atoms with E-state index in [-0.39, 0.29) is 16.8 Å². The molecule has 5 nitrogen and oxygen atoms in total. The van der Waals surface area contributed by atoms with Crippen LogP contribution in [0.15, 0.2) is 53.4 Å². The van der Waals surface area contributed by atoms with Gasteiger partial charge in [0, 0.05) is 27.7 Å². The van der Waals surface area contributed by atoms with Crippen molar-refractivity contribution in [1.29, 1.82) is 0 Å². The summed E-state index contributed by atoms with van der Waals surface area (Å²) in [4.78, 5) is 23.6. The number of non-ortho nitro benzene ring substituents is 1. The molecule has 0 aromatic heterocycles. The van der Waals surface area contributed by atoms with Crippen LogP contribution in [-0.2, 0) is 4.79 Å². The first-order chi connectivity index (χ1) is 11.0. The molecule has 2 rings (SSSR count). The molecule has 0 fully saturated rings. The molecule has 1 unspecified atom stereocenters. The maximum Gasteiger partial charge on any atom is 0.271 e. The van der Waals surface area contributed by atoms with E-state index in [2.05, 4.69) is 5.32 Å². The first-order valence-corrected chi connectivity index (χ1v) is 8.23. The summed E-state index contributed by atoms with van der Waals surface area (Å²) in [7, 11) is 0. The van der Waals surface area contributed by atoms with Crippen molar-refractivity contribution in [2.75, 3.05) is 5.32 Å². The van der Waals surface area contributed by atoms with Gasteiger partial charge in [-0.25, -0.2) is 0 Å². The lowest BCUT2D eigenvalue weighted by molar-refractivity contribution is -0.384. The first kappa shape index (κ1) is 17.3. The second kappa shape index (κ2) is 7.99. The number of hydrogen-bond acceptors (Lipinski definition) is 4. The molecular formula is C16H15ClN2O3S. The molecule has 120 valence electrons. The Bertz CT molecular complexity index is 707. The molecule has 0 heterocycles. The van der Waals surface area contributed by atoms with Crippen molar-refractivity contribution >= 4 is 40.6 Å². The molecule has 0 radical (unpaired) electrons. The van der Waals surface area contributed by atoms with Crippen LogP contribution < -0.4 is 5.32 Å². The van der Waals surface area contributed by atoms with Crippen LogP contribution in [0.3, 0.4) is 0 Å². The van der Waals surface area contributed by atoms with Gasteiger partial charge in [0.1, 0.15) is 0 Å². The number of nitrogens with one attached hydrogen (secondary N) is 1. The number of carbonyl (C=O) groups excluding carboxylic acids is 1. The van der Waals surface area contributed by atoms with Crippen LogP contribution in [0.2, 0.25) is 5.02 Å². The third-order valence-electron chi connectivity index (χ3n) is 3.08. The van der Waals surface area contributed by atoms with Crippen LogP contribution in [0.1, 0.15) is 13.3 Å². The summed E-state index contributed by atoms with van der Waals surface area (Å²) >= 11 is 7.28. The van der Waals surface area contributed by atoms with Crippen LogP contribution in [0.5, 0.6) is 0 Å². The third kappa shape index (κ3) is 4.97. The molecule has 2 aromatic rings. The Hall–Kier alpha value is -2.05. The second-order valence-corrected chi connectivity index (χ2v) is 6.48. The molecule has 0 saturated heterocycles. The maximum absolute atomic E-state index is 12.4. The highest BCUT2D eigenvalue weighted by atomic mass is 35.5. The van der Waals surface area contributed by atoms with E-state index in [4.69, 9.17) is 11.6 Å². The quantitative estimate of drug-likeness (QED) is 0.463. The number of halogens is 1. The summed E-state index contributed by atoms with van der Waals surface area (Å²) in [5.41, 5.74) is 0.362. The van der Waals surface area contributed by atoms with Gasteiger partial charge in [-0.1, -0.05) is 24.6 Å². The smallest absolute Gasteiger partial charge is 0.271 e. The van der Waals surface area contributed by atoms with Gasteiger partial charge in [-0.15, -0.1) is 11.8 Å². The fraction of sp³-hybridized carbons (Fsp3) is 0.188. The SMILES string of the molecule is CCC(Sc1ccc(Cl)cc1)C(=O)Nc1cccc([N+](=O)[O-])c1. The minimum atomic E-state index is -0.491. The molecule has 1 amide bonds. The van der Waals surface area contributed by atoms with Crippen LogP contribution in [0.25, 0.3) is 0 Å². The summed E-state index contributed by atoms with van der Waals surface area (Å²) in [5.74, 6) is -0.187. The van der Waals surface area contributed by atoms with Crippen LogP contribution in [0, 0.1) is 10.1 Å². The van der Waals surface area contributed by atoms with Gasteiger partial charge in [-0.3, -0.25) is 14.9 Å². The Kier molecular flexibility index (Phi) is 6.01. The van der Waals surface area contributed by atoms with E-state index in [0.29, 0.717) is 17.1 Å². The first-order valence-electron chi connectivity index (χ1n) is 6.97. The van der Waals surface area contributed by atoms with Gasteiger partial charge in [0.25, 0.3) is 5.69 Å². The highest BCUT2D eigenvalue weighted by Crippen LogP contribution is 2.28. The van der Waals surface area contributed by atoms with Crippen molar-refractivity contribution in [1.82, 2.24) is 0 Å². The zero-order chi connectivity index (χ0) is 16.8. The average molecular weight is 351 g/mol. The van der Waals surface area contributed by atoms with Gasteiger partial charge in [0.15, 0.2) is 0 Å². The number of benzene rings is 2. The van der Waals surface area contributed by atoms with E-state index in [1.807, 2.05) is 19.1 Å².